The maximum atomic E-state index is 12.5. The second-order valence-corrected chi connectivity index (χ2v) is 7.32. The lowest BCUT2D eigenvalue weighted by Crippen LogP contribution is -2.68. The molecule has 1 aliphatic heterocycles. The van der Waals surface area contributed by atoms with Crippen molar-refractivity contribution < 1.29 is 50.0 Å². The number of hydrogen-bond acceptors (Lipinski definition) is 10. The minimum absolute atomic E-state index is 0.00275. The molecule has 1 saturated heterocycles. The van der Waals surface area contributed by atoms with Crippen LogP contribution in [0.15, 0.2) is 48.5 Å². The second-order valence-electron chi connectivity index (χ2n) is 7.32. The van der Waals surface area contributed by atoms with Crippen LogP contribution in [0.3, 0.4) is 0 Å². The summed E-state index contributed by atoms with van der Waals surface area (Å²) in [6, 6.07) is 9.46. The summed E-state index contributed by atoms with van der Waals surface area (Å²) in [6.45, 7) is -1.23. The zero-order chi connectivity index (χ0) is 23.5. The van der Waals surface area contributed by atoms with Crippen LogP contribution >= 0.6 is 0 Å². The number of carbonyl (C=O) groups is 1. The van der Waals surface area contributed by atoms with Crippen molar-refractivity contribution >= 4 is 12.0 Å². The number of aliphatic hydroxyl groups excluding tert-OH is 3. The summed E-state index contributed by atoms with van der Waals surface area (Å²) in [4.78, 5) is 12.1. The van der Waals surface area contributed by atoms with Crippen LogP contribution in [-0.2, 0) is 26.5 Å². The first-order valence-electron chi connectivity index (χ1n) is 9.63. The summed E-state index contributed by atoms with van der Waals surface area (Å²) in [7, 11) is 0. The Morgan fingerprint density at radius 1 is 1.12 bits per heavy atom. The molecule has 1 aliphatic rings. The van der Waals surface area contributed by atoms with Crippen LogP contribution in [0.5, 0.6) is 11.5 Å². The first-order chi connectivity index (χ1) is 15.2. The van der Waals surface area contributed by atoms with Gasteiger partial charge in [-0.05, 0) is 47.0 Å². The van der Waals surface area contributed by atoms with Crippen molar-refractivity contribution in [3.05, 3.63) is 65.2 Å². The molecule has 6 N–H and O–H groups in total. The molecule has 1 heterocycles. The highest BCUT2D eigenvalue weighted by molar-refractivity contribution is 5.87. The molecule has 172 valence electrons. The zero-order valence-corrected chi connectivity index (χ0v) is 16.7. The number of aromatic hydroxyl groups is 2. The van der Waals surface area contributed by atoms with Gasteiger partial charge in [-0.2, -0.15) is 0 Å². The highest BCUT2D eigenvalue weighted by Gasteiger charge is 2.52. The molecule has 5 atom stereocenters. The van der Waals surface area contributed by atoms with Crippen molar-refractivity contribution in [1.29, 1.82) is 0 Å². The Morgan fingerprint density at radius 2 is 1.78 bits per heavy atom. The van der Waals surface area contributed by atoms with Crippen LogP contribution in [0.1, 0.15) is 16.7 Å². The summed E-state index contributed by atoms with van der Waals surface area (Å²) in [5.74, 6) is -0.968. The molecule has 0 unspecified atom stereocenters. The van der Waals surface area contributed by atoms with Crippen molar-refractivity contribution in [1.82, 2.24) is 0 Å². The lowest BCUT2D eigenvalue weighted by molar-refractivity contribution is -0.555. The Hall–Kier alpha value is -2.99. The lowest BCUT2D eigenvalue weighted by Gasteiger charge is -2.52. The standard InChI is InChI=1S/C22H23O10/c23-10-17-19(27)20(28)22(30,21(29)32-17)16-7-6-15(25)9-13(16)11-31-18(26)8-3-12-1-4-14(24)5-2-12/h1-9,17,19-21,23-25,27-28,30H,10-11H2/q-1/b8-3+/t17-,19-,20+,21-,22-/m1/s1. The third kappa shape index (κ3) is 4.75. The third-order valence-electron chi connectivity index (χ3n) is 5.19. The van der Waals surface area contributed by atoms with Crippen molar-refractivity contribution in [2.24, 2.45) is 0 Å². The normalized spacial score (nSPS) is 28.0. The molecule has 0 aliphatic carbocycles. The van der Waals surface area contributed by atoms with Crippen molar-refractivity contribution in [3.8, 4) is 11.5 Å². The van der Waals surface area contributed by atoms with Gasteiger partial charge in [0.25, 0.3) is 0 Å². The van der Waals surface area contributed by atoms with Crippen LogP contribution in [0.25, 0.3) is 6.08 Å². The molecule has 0 spiro atoms. The van der Waals surface area contributed by atoms with Crippen LogP contribution in [0, 0.1) is 0 Å². The SMILES string of the molecule is O=C(/C=C/c1ccc(O)cc1)OCc1cc(O)ccc1[C@]1(O)[C@H]([O-])O[C@H](CO)[C@@H](O)[C@@H]1O. The van der Waals surface area contributed by atoms with E-state index in [0.717, 1.165) is 24.3 Å². The quantitative estimate of drug-likeness (QED) is 0.234. The van der Waals surface area contributed by atoms with Gasteiger partial charge in [0.15, 0.2) is 0 Å². The highest BCUT2D eigenvalue weighted by atomic mass is 16.6. The largest absolute Gasteiger partial charge is 0.829 e. The lowest BCUT2D eigenvalue weighted by atomic mass is 9.79. The van der Waals surface area contributed by atoms with Crippen LogP contribution < -0.4 is 5.11 Å². The molecular formula is C22H23O10-. The van der Waals surface area contributed by atoms with E-state index in [1.807, 2.05) is 0 Å². The van der Waals surface area contributed by atoms with Crippen LogP contribution in [0.4, 0.5) is 0 Å². The average Bonchev–Trinajstić information content (AvgIpc) is 2.78. The fraction of sp³-hybridized carbons (Fsp3) is 0.318. The summed E-state index contributed by atoms with van der Waals surface area (Å²) >= 11 is 0. The van der Waals surface area contributed by atoms with E-state index >= 15 is 0 Å². The fourth-order valence-corrected chi connectivity index (χ4v) is 3.42. The molecule has 0 saturated carbocycles. The smallest absolute Gasteiger partial charge is 0.331 e. The topological polar surface area (TPSA) is 180 Å². The molecule has 0 bridgehead atoms. The second kappa shape index (κ2) is 9.65. The van der Waals surface area contributed by atoms with E-state index in [-0.39, 0.29) is 22.6 Å². The summed E-state index contributed by atoms with van der Waals surface area (Å²) in [5.41, 5.74) is -2.25. The molecule has 1 fully saturated rings. The number of phenols is 2. The predicted octanol–water partition coefficient (Wildman–Crippen LogP) is -1.16. The van der Waals surface area contributed by atoms with E-state index in [0.29, 0.717) is 5.56 Å². The van der Waals surface area contributed by atoms with Gasteiger partial charge in [-0.1, -0.05) is 18.2 Å². The number of ether oxygens (including phenoxy) is 2. The highest BCUT2D eigenvalue weighted by Crippen LogP contribution is 2.39. The first kappa shape index (κ1) is 23.7. The molecule has 0 radical (unpaired) electrons. The molecule has 0 aromatic heterocycles. The van der Waals surface area contributed by atoms with Gasteiger partial charge >= 0.3 is 5.97 Å². The summed E-state index contributed by atoms with van der Waals surface area (Å²) in [6.07, 6.45) is -4.91. The van der Waals surface area contributed by atoms with E-state index in [2.05, 4.69) is 0 Å². The van der Waals surface area contributed by atoms with E-state index in [1.54, 1.807) is 12.1 Å². The zero-order valence-electron chi connectivity index (χ0n) is 16.7. The Labute approximate surface area is 182 Å². The van der Waals surface area contributed by atoms with Gasteiger partial charge in [0.05, 0.1) is 6.61 Å². The van der Waals surface area contributed by atoms with Gasteiger partial charge in [0.1, 0.15) is 42.0 Å². The Balaban J connectivity index is 1.80. The van der Waals surface area contributed by atoms with E-state index in [9.17, 15) is 40.5 Å². The maximum Gasteiger partial charge on any atom is 0.331 e. The molecule has 10 heteroatoms. The monoisotopic (exact) mass is 447 g/mol. The number of phenolic OH excluding ortho intramolecular Hbond substituents is 2. The van der Waals surface area contributed by atoms with E-state index in [4.69, 9.17) is 9.47 Å². The van der Waals surface area contributed by atoms with E-state index in [1.165, 1.54) is 18.2 Å². The number of hydrogen-bond donors (Lipinski definition) is 6. The number of benzene rings is 2. The van der Waals surface area contributed by atoms with Gasteiger partial charge in [0.2, 0.25) is 0 Å². The van der Waals surface area contributed by atoms with Gasteiger partial charge in [-0.25, -0.2) is 4.79 Å². The fourth-order valence-electron chi connectivity index (χ4n) is 3.42. The Kier molecular flexibility index (Phi) is 7.14. The summed E-state index contributed by atoms with van der Waals surface area (Å²) < 4.78 is 10.1. The Bertz CT molecular complexity index is 973. The molecule has 32 heavy (non-hydrogen) atoms. The van der Waals surface area contributed by atoms with Gasteiger partial charge in [-0.3, -0.25) is 0 Å². The third-order valence-corrected chi connectivity index (χ3v) is 5.19. The molecular weight excluding hydrogens is 424 g/mol. The minimum atomic E-state index is -2.65. The van der Waals surface area contributed by atoms with Gasteiger partial charge in [0, 0.05) is 12.4 Å². The number of carbonyl (C=O) groups excluding carboxylic acids is 1. The van der Waals surface area contributed by atoms with Crippen LogP contribution in [-0.4, -0.2) is 67.8 Å². The Morgan fingerprint density at radius 3 is 2.44 bits per heavy atom. The molecule has 0 amide bonds. The van der Waals surface area contributed by atoms with Crippen molar-refractivity contribution in [2.45, 2.75) is 36.8 Å². The number of rotatable bonds is 6. The van der Waals surface area contributed by atoms with Gasteiger partial charge < -0.3 is 45.2 Å². The molecule has 2 aromatic rings. The average molecular weight is 447 g/mol. The molecule has 2 aromatic carbocycles. The number of aliphatic hydroxyl groups is 4. The van der Waals surface area contributed by atoms with Gasteiger partial charge in [-0.15, -0.1) is 0 Å². The van der Waals surface area contributed by atoms with Crippen molar-refractivity contribution in [2.75, 3.05) is 6.61 Å². The van der Waals surface area contributed by atoms with E-state index < -0.39 is 49.4 Å². The predicted molar refractivity (Wildman–Crippen MR) is 107 cm³/mol. The number of esters is 1. The minimum Gasteiger partial charge on any atom is -0.829 e. The first-order valence-corrected chi connectivity index (χ1v) is 9.63. The molecule has 10 nitrogen and oxygen atoms in total. The molecule has 3 rings (SSSR count). The summed E-state index contributed by atoms with van der Waals surface area (Å²) in [5, 5.41) is 72.3. The van der Waals surface area contributed by atoms with Crippen molar-refractivity contribution in [3.63, 3.8) is 0 Å². The van der Waals surface area contributed by atoms with Crippen LogP contribution in [0.2, 0.25) is 0 Å². The maximum absolute atomic E-state index is 12.5.